The van der Waals surface area contributed by atoms with E-state index in [9.17, 15) is 0 Å². The Labute approximate surface area is 125 Å². The Morgan fingerprint density at radius 1 is 1.35 bits per heavy atom. The third-order valence-corrected chi connectivity index (χ3v) is 3.57. The first-order valence-electron chi connectivity index (χ1n) is 7.05. The van der Waals surface area contributed by atoms with Gasteiger partial charge in [0.1, 0.15) is 0 Å². The van der Waals surface area contributed by atoms with Gasteiger partial charge in [0.05, 0.1) is 17.9 Å². The molecule has 0 bridgehead atoms. The minimum Gasteiger partial charge on any atom is -0.305 e. The Kier molecular flexibility index (Phi) is 5.15. The van der Waals surface area contributed by atoms with Crippen molar-refractivity contribution < 1.29 is 0 Å². The summed E-state index contributed by atoms with van der Waals surface area (Å²) >= 11 is 6.05. The van der Waals surface area contributed by atoms with E-state index in [2.05, 4.69) is 42.5 Å². The highest BCUT2D eigenvalue weighted by Crippen LogP contribution is 2.26. The minimum absolute atomic E-state index is 0.0961. The molecule has 0 amide bonds. The molecule has 1 N–H and O–H groups in total. The van der Waals surface area contributed by atoms with Crippen molar-refractivity contribution in [2.45, 2.75) is 39.8 Å². The molecule has 2 rings (SSSR count). The van der Waals surface area contributed by atoms with Crippen molar-refractivity contribution in [2.24, 2.45) is 0 Å². The highest BCUT2D eigenvalue weighted by molar-refractivity contribution is 6.30. The summed E-state index contributed by atoms with van der Waals surface area (Å²) in [7, 11) is 0. The summed E-state index contributed by atoms with van der Waals surface area (Å²) in [6, 6.07) is 6.10. The summed E-state index contributed by atoms with van der Waals surface area (Å²) < 4.78 is 1.97. The van der Waals surface area contributed by atoms with Gasteiger partial charge in [-0.05, 0) is 43.1 Å². The molecule has 0 saturated heterocycles. The van der Waals surface area contributed by atoms with E-state index in [0.29, 0.717) is 0 Å². The lowest BCUT2D eigenvalue weighted by atomic mass is 9.99. The average Bonchev–Trinajstić information content (AvgIpc) is 2.85. The van der Waals surface area contributed by atoms with E-state index >= 15 is 0 Å². The molecule has 0 radical (unpaired) electrons. The number of aryl methyl sites for hydroxylation is 2. The zero-order chi connectivity index (χ0) is 14.5. The minimum atomic E-state index is 0.0961. The summed E-state index contributed by atoms with van der Waals surface area (Å²) in [5, 5.41) is 12.5. The van der Waals surface area contributed by atoms with Crippen LogP contribution in [0, 0.1) is 6.92 Å². The third-order valence-electron chi connectivity index (χ3n) is 3.33. The van der Waals surface area contributed by atoms with Crippen LogP contribution in [0.15, 0.2) is 24.4 Å². The number of halogens is 1. The normalized spacial score (nSPS) is 12.6. The van der Waals surface area contributed by atoms with Crippen LogP contribution in [0.4, 0.5) is 0 Å². The van der Waals surface area contributed by atoms with Crippen molar-refractivity contribution in [1.29, 1.82) is 0 Å². The zero-order valence-corrected chi connectivity index (χ0v) is 13.0. The molecule has 0 aliphatic rings. The Balaban J connectivity index is 2.42. The quantitative estimate of drug-likeness (QED) is 0.888. The SMILES string of the molecule is CCCn1nncc1C(NCC)c1ccc(Cl)cc1C. The lowest BCUT2D eigenvalue weighted by Gasteiger charge is -2.21. The van der Waals surface area contributed by atoms with Gasteiger partial charge in [0.25, 0.3) is 0 Å². The molecule has 2 aromatic rings. The van der Waals surface area contributed by atoms with Crippen LogP contribution in [0.5, 0.6) is 0 Å². The summed E-state index contributed by atoms with van der Waals surface area (Å²) in [5.41, 5.74) is 3.49. The number of hydrogen-bond acceptors (Lipinski definition) is 3. The Hall–Kier alpha value is -1.39. The predicted octanol–water partition coefficient (Wildman–Crippen LogP) is 3.35. The van der Waals surface area contributed by atoms with Crippen molar-refractivity contribution in [3.05, 3.63) is 46.2 Å². The first-order valence-corrected chi connectivity index (χ1v) is 7.43. The molecular formula is C15H21ClN4. The Morgan fingerprint density at radius 2 is 2.15 bits per heavy atom. The van der Waals surface area contributed by atoms with E-state index in [4.69, 9.17) is 11.6 Å². The molecule has 5 heteroatoms. The summed E-state index contributed by atoms with van der Waals surface area (Å²) in [6.45, 7) is 8.08. The lowest BCUT2D eigenvalue weighted by molar-refractivity contribution is 0.511. The van der Waals surface area contributed by atoms with E-state index in [-0.39, 0.29) is 6.04 Å². The largest absolute Gasteiger partial charge is 0.305 e. The molecule has 1 aromatic carbocycles. The van der Waals surface area contributed by atoms with Gasteiger partial charge in [0.2, 0.25) is 0 Å². The maximum absolute atomic E-state index is 6.05. The van der Waals surface area contributed by atoms with Crippen molar-refractivity contribution in [3.8, 4) is 0 Å². The maximum atomic E-state index is 6.05. The van der Waals surface area contributed by atoms with Crippen molar-refractivity contribution in [3.63, 3.8) is 0 Å². The smallest absolute Gasteiger partial charge is 0.0802 e. The van der Waals surface area contributed by atoms with Crippen LogP contribution >= 0.6 is 11.6 Å². The lowest BCUT2D eigenvalue weighted by Crippen LogP contribution is -2.25. The van der Waals surface area contributed by atoms with E-state index in [0.717, 1.165) is 30.2 Å². The molecule has 0 spiro atoms. The highest BCUT2D eigenvalue weighted by Gasteiger charge is 2.19. The second kappa shape index (κ2) is 6.86. The average molecular weight is 293 g/mol. The van der Waals surface area contributed by atoms with Crippen LogP contribution in [0.3, 0.4) is 0 Å². The first kappa shape index (κ1) is 15.0. The van der Waals surface area contributed by atoms with Crippen LogP contribution in [-0.2, 0) is 6.54 Å². The van der Waals surface area contributed by atoms with Crippen LogP contribution in [-0.4, -0.2) is 21.5 Å². The van der Waals surface area contributed by atoms with Crippen LogP contribution in [0.25, 0.3) is 0 Å². The van der Waals surface area contributed by atoms with E-state index in [1.54, 1.807) is 0 Å². The van der Waals surface area contributed by atoms with Gasteiger partial charge in [0, 0.05) is 11.6 Å². The van der Waals surface area contributed by atoms with E-state index in [1.807, 2.05) is 23.0 Å². The number of nitrogens with zero attached hydrogens (tertiary/aromatic N) is 3. The van der Waals surface area contributed by atoms with Gasteiger partial charge in [0.15, 0.2) is 0 Å². The summed E-state index contributed by atoms with van der Waals surface area (Å²) in [6.07, 6.45) is 2.88. The number of benzene rings is 1. The van der Waals surface area contributed by atoms with Crippen LogP contribution in [0.2, 0.25) is 5.02 Å². The fourth-order valence-electron chi connectivity index (χ4n) is 2.42. The van der Waals surface area contributed by atoms with E-state index in [1.165, 1.54) is 11.1 Å². The first-order chi connectivity index (χ1) is 9.67. The second-order valence-corrected chi connectivity index (χ2v) is 5.31. The second-order valence-electron chi connectivity index (χ2n) is 4.87. The fourth-order valence-corrected chi connectivity index (χ4v) is 2.64. The van der Waals surface area contributed by atoms with Gasteiger partial charge in [-0.2, -0.15) is 0 Å². The Morgan fingerprint density at radius 3 is 2.80 bits per heavy atom. The molecule has 4 nitrogen and oxygen atoms in total. The highest BCUT2D eigenvalue weighted by atomic mass is 35.5. The van der Waals surface area contributed by atoms with Crippen LogP contribution < -0.4 is 5.32 Å². The molecule has 0 aliphatic carbocycles. The zero-order valence-electron chi connectivity index (χ0n) is 12.2. The Bertz CT molecular complexity index is 565. The molecular weight excluding hydrogens is 272 g/mol. The standard InChI is InChI=1S/C15H21ClN4/c1-4-8-20-14(10-18-19-20)15(17-5-2)13-7-6-12(16)9-11(13)3/h6-7,9-10,15,17H,4-5,8H2,1-3H3. The molecule has 0 saturated carbocycles. The fraction of sp³-hybridized carbons (Fsp3) is 0.467. The monoisotopic (exact) mass is 292 g/mol. The van der Waals surface area contributed by atoms with Gasteiger partial charge in [-0.3, -0.25) is 0 Å². The third kappa shape index (κ3) is 3.19. The van der Waals surface area contributed by atoms with E-state index < -0.39 is 0 Å². The van der Waals surface area contributed by atoms with Gasteiger partial charge >= 0.3 is 0 Å². The number of aromatic nitrogens is 3. The molecule has 1 heterocycles. The van der Waals surface area contributed by atoms with Gasteiger partial charge in [-0.15, -0.1) is 5.10 Å². The molecule has 1 unspecified atom stereocenters. The van der Waals surface area contributed by atoms with Crippen LogP contribution in [0.1, 0.15) is 43.1 Å². The molecule has 1 aromatic heterocycles. The molecule has 0 aliphatic heterocycles. The van der Waals surface area contributed by atoms with Gasteiger partial charge in [-0.25, -0.2) is 4.68 Å². The molecule has 108 valence electrons. The number of hydrogen-bond donors (Lipinski definition) is 1. The summed E-state index contributed by atoms with van der Waals surface area (Å²) in [4.78, 5) is 0. The predicted molar refractivity (Wildman–Crippen MR) is 82.0 cm³/mol. The van der Waals surface area contributed by atoms with Crippen molar-refractivity contribution in [1.82, 2.24) is 20.3 Å². The number of rotatable bonds is 6. The maximum Gasteiger partial charge on any atom is 0.0802 e. The van der Waals surface area contributed by atoms with Crippen molar-refractivity contribution in [2.75, 3.05) is 6.54 Å². The number of nitrogens with one attached hydrogen (secondary N) is 1. The van der Waals surface area contributed by atoms with Crippen molar-refractivity contribution >= 4 is 11.6 Å². The van der Waals surface area contributed by atoms with Gasteiger partial charge < -0.3 is 5.32 Å². The molecule has 20 heavy (non-hydrogen) atoms. The molecule has 0 fully saturated rings. The summed E-state index contributed by atoms with van der Waals surface area (Å²) in [5.74, 6) is 0. The van der Waals surface area contributed by atoms with Gasteiger partial charge in [-0.1, -0.05) is 36.7 Å². The molecule has 1 atom stereocenters. The topological polar surface area (TPSA) is 42.7 Å².